The van der Waals surface area contributed by atoms with Crippen LogP contribution in [0.25, 0.3) is 0 Å². The lowest BCUT2D eigenvalue weighted by Gasteiger charge is -2.29. The van der Waals surface area contributed by atoms with E-state index in [1.165, 1.54) is 0 Å². The molecule has 0 aliphatic carbocycles. The third kappa shape index (κ3) is 6.09. The van der Waals surface area contributed by atoms with Crippen molar-refractivity contribution >= 4 is 23.4 Å². The first-order chi connectivity index (χ1) is 15.5. The second kappa shape index (κ2) is 12.5. The quantitative estimate of drug-likeness (QED) is 0.0944. The maximum atomic E-state index is 13.6. The largest absolute Gasteiger partial charge is 0.294 e. The Bertz CT molecular complexity index is 865. The minimum Gasteiger partial charge on any atom is -0.294 e. The lowest BCUT2D eigenvalue weighted by atomic mass is 9.70. The summed E-state index contributed by atoms with van der Waals surface area (Å²) < 4.78 is 0. The number of hydrazine groups is 2. The Hall–Kier alpha value is -3.36. The van der Waals surface area contributed by atoms with Crippen molar-refractivity contribution in [2.75, 3.05) is 0 Å². The van der Waals surface area contributed by atoms with E-state index in [1.54, 1.807) is 60.7 Å². The molecule has 0 saturated carbocycles. The minimum atomic E-state index is -1.96. The van der Waals surface area contributed by atoms with Crippen LogP contribution in [-0.2, 0) is 9.59 Å². The summed E-state index contributed by atoms with van der Waals surface area (Å²) in [6, 6.07) is 16.6. The molecule has 0 unspecified atom stereocenters. The van der Waals surface area contributed by atoms with Gasteiger partial charge in [-0.2, -0.15) is 0 Å². The van der Waals surface area contributed by atoms with E-state index in [9.17, 15) is 19.2 Å². The molecule has 0 aromatic heterocycles. The maximum absolute atomic E-state index is 13.6. The Labute approximate surface area is 187 Å². The number of ketones is 2. The first-order valence-electron chi connectivity index (χ1n) is 10.7. The summed E-state index contributed by atoms with van der Waals surface area (Å²) in [4.78, 5) is 51.3. The number of carbonyl (C=O) groups excluding carboxylic acids is 4. The van der Waals surface area contributed by atoms with E-state index >= 15 is 0 Å². The number of hydrogen-bond acceptors (Lipinski definition) is 6. The van der Waals surface area contributed by atoms with Crippen molar-refractivity contribution < 1.29 is 19.2 Å². The van der Waals surface area contributed by atoms with Crippen LogP contribution in [0.3, 0.4) is 0 Å². The zero-order valence-electron chi connectivity index (χ0n) is 18.0. The number of nitrogens with one attached hydrogen (secondary N) is 2. The third-order valence-corrected chi connectivity index (χ3v) is 5.48. The molecular formula is C24H30N4O4. The summed E-state index contributed by atoms with van der Waals surface area (Å²) in [5.74, 6) is 8.33. The molecule has 0 aliphatic rings. The fraction of sp³-hybridized carbons (Fsp3) is 0.333. The molecule has 0 radical (unpaired) electrons. The predicted octanol–water partition coefficient (Wildman–Crippen LogP) is 2.45. The number of hydrogen-bond donors (Lipinski definition) is 4. The number of benzene rings is 2. The second-order valence-electron chi connectivity index (χ2n) is 7.60. The number of carbonyl (C=O) groups is 4. The van der Waals surface area contributed by atoms with Crippen LogP contribution in [0.5, 0.6) is 0 Å². The van der Waals surface area contributed by atoms with Crippen molar-refractivity contribution in [3.63, 3.8) is 0 Å². The smallest absolute Gasteiger partial charge is 0.255 e. The van der Waals surface area contributed by atoms with Crippen LogP contribution in [-0.4, -0.2) is 23.4 Å². The zero-order chi connectivity index (χ0) is 23.4. The van der Waals surface area contributed by atoms with Gasteiger partial charge in [-0.05, 0) is 12.8 Å². The second-order valence-corrected chi connectivity index (χ2v) is 7.60. The van der Waals surface area contributed by atoms with Gasteiger partial charge in [0.2, 0.25) is 5.91 Å². The number of unbranched alkanes of at least 4 members (excludes halogenated alkanes) is 4. The van der Waals surface area contributed by atoms with Crippen LogP contribution in [0.15, 0.2) is 60.7 Å². The Kier molecular flexibility index (Phi) is 9.72. The van der Waals surface area contributed by atoms with Gasteiger partial charge in [0.25, 0.3) is 5.91 Å². The van der Waals surface area contributed by atoms with Gasteiger partial charge in [0.1, 0.15) is 0 Å². The summed E-state index contributed by atoms with van der Waals surface area (Å²) in [7, 11) is 0. The van der Waals surface area contributed by atoms with Gasteiger partial charge >= 0.3 is 0 Å². The lowest BCUT2D eigenvalue weighted by Crippen LogP contribution is -2.54. The standard InChI is InChI=1S/C24H30N4O4/c25-27-20(29)16-10-2-1-3-11-17-24(23(32)28-26,21(30)18-12-6-4-7-13-18)22(31)19-14-8-5-9-15-19/h4-9,12-15H,1-3,10-11,16-17,25-26H2,(H,27,29)(H,28,32). The van der Waals surface area contributed by atoms with Crippen LogP contribution in [0.4, 0.5) is 0 Å². The van der Waals surface area contributed by atoms with Crippen LogP contribution in [0, 0.1) is 5.41 Å². The van der Waals surface area contributed by atoms with E-state index in [2.05, 4.69) is 10.9 Å². The van der Waals surface area contributed by atoms with Gasteiger partial charge in [0.15, 0.2) is 17.0 Å². The van der Waals surface area contributed by atoms with E-state index in [1.807, 2.05) is 0 Å². The van der Waals surface area contributed by atoms with Gasteiger partial charge < -0.3 is 0 Å². The van der Waals surface area contributed by atoms with Crippen molar-refractivity contribution in [1.29, 1.82) is 0 Å². The first-order valence-corrected chi connectivity index (χ1v) is 10.7. The lowest BCUT2D eigenvalue weighted by molar-refractivity contribution is -0.127. The molecular weight excluding hydrogens is 408 g/mol. The Morgan fingerprint density at radius 3 is 1.59 bits per heavy atom. The molecule has 0 saturated heterocycles. The van der Waals surface area contributed by atoms with E-state index in [-0.39, 0.29) is 23.5 Å². The fourth-order valence-corrected chi connectivity index (χ4v) is 3.72. The summed E-state index contributed by atoms with van der Waals surface area (Å²) >= 11 is 0. The van der Waals surface area contributed by atoms with Crippen molar-refractivity contribution in [3.8, 4) is 0 Å². The minimum absolute atomic E-state index is 0.0285. The molecule has 8 nitrogen and oxygen atoms in total. The molecule has 0 bridgehead atoms. The van der Waals surface area contributed by atoms with Gasteiger partial charge in [0, 0.05) is 17.5 Å². The topological polar surface area (TPSA) is 144 Å². The molecule has 6 N–H and O–H groups in total. The van der Waals surface area contributed by atoms with Crippen LogP contribution < -0.4 is 22.5 Å². The van der Waals surface area contributed by atoms with Crippen molar-refractivity contribution in [2.24, 2.45) is 17.1 Å². The van der Waals surface area contributed by atoms with E-state index < -0.39 is 22.9 Å². The highest BCUT2D eigenvalue weighted by atomic mass is 16.2. The SMILES string of the molecule is NNC(=O)CCCCCCCC(C(=O)NN)(C(=O)c1ccccc1)C(=O)c1ccccc1. The van der Waals surface area contributed by atoms with Gasteiger partial charge in [-0.1, -0.05) is 86.3 Å². The monoisotopic (exact) mass is 438 g/mol. The summed E-state index contributed by atoms with van der Waals surface area (Å²) in [5.41, 5.74) is 2.72. The summed E-state index contributed by atoms with van der Waals surface area (Å²) in [6.07, 6.45) is 3.79. The average molecular weight is 439 g/mol. The Morgan fingerprint density at radius 1 is 0.656 bits per heavy atom. The molecule has 0 atom stereocenters. The van der Waals surface area contributed by atoms with Gasteiger partial charge in [-0.15, -0.1) is 0 Å². The molecule has 32 heavy (non-hydrogen) atoms. The van der Waals surface area contributed by atoms with E-state index in [0.717, 1.165) is 12.8 Å². The van der Waals surface area contributed by atoms with Crippen LogP contribution in [0.2, 0.25) is 0 Å². The maximum Gasteiger partial charge on any atom is 0.255 e. The van der Waals surface area contributed by atoms with E-state index in [4.69, 9.17) is 11.7 Å². The fourth-order valence-electron chi connectivity index (χ4n) is 3.72. The van der Waals surface area contributed by atoms with Crippen LogP contribution in [0.1, 0.15) is 65.7 Å². The molecule has 8 heteroatoms. The summed E-state index contributed by atoms with van der Waals surface area (Å²) in [6.45, 7) is 0. The van der Waals surface area contributed by atoms with Crippen LogP contribution >= 0.6 is 0 Å². The molecule has 2 rings (SSSR count). The summed E-state index contributed by atoms with van der Waals surface area (Å²) in [5, 5.41) is 0. The van der Waals surface area contributed by atoms with Gasteiger partial charge in [0.05, 0.1) is 0 Å². The predicted molar refractivity (Wildman–Crippen MR) is 121 cm³/mol. The Morgan fingerprint density at radius 2 is 1.12 bits per heavy atom. The normalized spacial score (nSPS) is 10.9. The number of nitrogens with two attached hydrogens (primary N) is 2. The van der Waals surface area contributed by atoms with Crippen molar-refractivity contribution in [1.82, 2.24) is 10.9 Å². The average Bonchev–Trinajstić information content (AvgIpc) is 2.85. The Balaban J connectivity index is 2.24. The molecule has 170 valence electrons. The number of amides is 2. The molecule has 2 aromatic carbocycles. The highest BCUT2D eigenvalue weighted by Gasteiger charge is 2.52. The third-order valence-electron chi connectivity index (χ3n) is 5.48. The number of rotatable bonds is 13. The highest BCUT2D eigenvalue weighted by molar-refractivity contribution is 6.31. The molecule has 0 fully saturated rings. The van der Waals surface area contributed by atoms with Crippen molar-refractivity contribution in [3.05, 3.63) is 71.8 Å². The van der Waals surface area contributed by atoms with E-state index in [0.29, 0.717) is 25.7 Å². The first kappa shape index (κ1) is 24.9. The molecule has 0 aliphatic heterocycles. The zero-order valence-corrected chi connectivity index (χ0v) is 18.0. The van der Waals surface area contributed by atoms with Crippen molar-refractivity contribution in [2.45, 2.75) is 44.9 Å². The van der Waals surface area contributed by atoms with Gasteiger partial charge in [-0.25, -0.2) is 11.7 Å². The van der Waals surface area contributed by atoms with Gasteiger partial charge in [-0.3, -0.25) is 30.0 Å². The number of Topliss-reactive ketones (excluding diaryl/α,β-unsaturated/α-hetero) is 2. The molecule has 2 aromatic rings. The molecule has 0 heterocycles. The molecule has 0 spiro atoms. The molecule has 2 amide bonds. The highest BCUT2D eigenvalue weighted by Crippen LogP contribution is 2.34.